The quantitative estimate of drug-likeness (QED) is 0.777. The van der Waals surface area contributed by atoms with Gasteiger partial charge in [0.15, 0.2) is 5.78 Å². The van der Waals surface area contributed by atoms with Crippen LogP contribution in [0.5, 0.6) is 0 Å². The van der Waals surface area contributed by atoms with Gasteiger partial charge >= 0.3 is 0 Å². The molecule has 0 saturated carbocycles. The Kier molecular flexibility index (Phi) is 6.48. The zero-order valence-electron chi connectivity index (χ0n) is 15.5. The Labute approximate surface area is 164 Å². The van der Waals surface area contributed by atoms with Gasteiger partial charge in [-0.05, 0) is 48.9 Å². The van der Waals surface area contributed by atoms with Crippen LogP contribution in [0.2, 0.25) is 5.02 Å². The van der Waals surface area contributed by atoms with E-state index < -0.39 is 0 Å². The molecule has 0 spiro atoms. The number of halogens is 1. The maximum Gasteiger partial charge on any atom is 0.234 e. The molecule has 6 heteroatoms. The average Bonchev–Trinajstić information content (AvgIpc) is 2.68. The minimum atomic E-state index is 0.0317. The van der Waals surface area contributed by atoms with Crippen molar-refractivity contribution in [1.29, 1.82) is 0 Å². The fourth-order valence-corrected chi connectivity index (χ4v) is 3.26. The van der Waals surface area contributed by atoms with E-state index in [1.165, 1.54) is 0 Å². The minimum Gasteiger partial charge on any atom is -0.369 e. The predicted molar refractivity (Wildman–Crippen MR) is 108 cm³/mol. The smallest absolute Gasteiger partial charge is 0.234 e. The van der Waals surface area contributed by atoms with Crippen molar-refractivity contribution in [2.24, 2.45) is 0 Å². The van der Waals surface area contributed by atoms with Gasteiger partial charge in [0.2, 0.25) is 5.91 Å². The van der Waals surface area contributed by atoms with Crippen LogP contribution < -0.4 is 10.2 Å². The molecule has 1 N–H and O–H groups in total. The van der Waals surface area contributed by atoms with Crippen LogP contribution in [0.1, 0.15) is 22.8 Å². The van der Waals surface area contributed by atoms with E-state index in [0.717, 1.165) is 43.0 Å². The number of carbonyl (C=O) groups is 2. The molecule has 3 rings (SSSR count). The summed E-state index contributed by atoms with van der Waals surface area (Å²) in [5, 5.41) is 3.65. The van der Waals surface area contributed by atoms with Crippen LogP contribution in [-0.4, -0.2) is 49.3 Å². The number of carbonyl (C=O) groups excluding carboxylic acids is 2. The lowest BCUT2D eigenvalue weighted by atomic mass is 10.1. The Morgan fingerprint density at radius 3 is 2.19 bits per heavy atom. The van der Waals surface area contributed by atoms with Crippen molar-refractivity contribution in [3.05, 3.63) is 64.7 Å². The van der Waals surface area contributed by atoms with E-state index in [-0.39, 0.29) is 11.7 Å². The molecule has 1 aliphatic heterocycles. The number of hydrogen-bond donors (Lipinski definition) is 1. The zero-order valence-corrected chi connectivity index (χ0v) is 16.2. The number of nitrogens with zero attached hydrogens (tertiary/aromatic N) is 2. The van der Waals surface area contributed by atoms with Gasteiger partial charge in [-0.1, -0.05) is 23.7 Å². The lowest BCUT2D eigenvalue weighted by molar-refractivity contribution is -0.122. The number of Topliss-reactive ketones (excluding diaryl/α,β-unsaturated/α-hetero) is 1. The van der Waals surface area contributed by atoms with Crippen molar-refractivity contribution in [1.82, 2.24) is 10.2 Å². The number of hydrogen-bond acceptors (Lipinski definition) is 4. The molecular weight excluding hydrogens is 362 g/mol. The summed E-state index contributed by atoms with van der Waals surface area (Å²) in [4.78, 5) is 28.0. The molecule has 1 fully saturated rings. The van der Waals surface area contributed by atoms with E-state index in [9.17, 15) is 9.59 Å². The van der Waals surface area contributed by atoms with Gasteiger partial charge in [0.05, 0.1) is 6.54 Å². The highest BCUT2D eigenvalue weighted by atomic mass is 35.5. The molecule has 0 radical (unpaired) electrons. The number of piperazine rings is 1. The lowest BCUT2D eigenvalue weighted by Crippen LogP contribution is -2.49. The second kappa shape index (κ2) is 9.02. The zero-order chi connectivity index (χ0) is 19.2. The molecule has 5 nitrogen and oxygen atoms in total. The minimum absolute atomic E-state index is 0.0317. The molecule has 1 amide bonds. The molecule has 1 aliphatic rings. The largest absolute Gasteiger partial charge is 0.369 e. The summed E-state index contributed by atoms with van der Waals surface area (Å²) in [7, 11) is 0. The summed E-state index contributed by atoms with van der Waals surface area (Å²) < 4.78 is 0. The first kappa shape index (κ1) is 19.4. The Morgan fingerprint density at radius 2 is 1.59 bits per heavy atom. The first-order valence-electron chi connectivity index (χ1n) is 9.11. The van der Waals surface area contributed by atoms with Gasteiger partial charge in [0, 0.05) is 49.0 Å². The topological polar surface area (TPSA) is 52.7 Å². The monoisotopic (exact) mass is 385 g/mol. The fourth-order valence-electron chi connectivity index (χ4n) is 3.13. The van der Waals surface area contributed by atoms with Crippen LogP contribution in [0.3, 0.4) is 0 Å². The van der Waals surface area contributed by atoms with Crippen LogP contribution in [0.15, 0.2) is 48.5 Å². The second-order valence-electron chi connectivity index (χ2n) is 6.77. The normalized spacial score (nSPS) is 14.8. The Morgan fingerprint density at radius 1 is 0.963 bits per heavy atom. The Balaban J connectivity index is 1.42. The summed E-state index contributed by atoms with van der Waals surface area (Å²) >= 11 is 5.87. The SMILES string of the molecule is CC(=O)c1ccc(N2CCN(CC(=O)NCc3ccc(Cl)cc3)CC2)cc1. The van der Waals surface area contributed by atoms with Crippen molar-refractivity contribution in [3.63, 3.8) is 0 Å². The van der Waals surface area contributed by atoms with E-state index in [1.807, 2.05) is 48.5 Å². The van der Waals surface area contributed by atoms with Crippen LogP contribution in [0.25, 0.3) is 0 Å². The van der Waals surface area contributed by atoms with Crippen LogP contribution >= 0.6 is 11.6 Å². The summed E-state index contributed by atoms with van der Waals surface area (Å²) in [6, 6.07) is 15.2. The lowest BCUT2D eigenvalue weighted by Gasteiger charge is -2.35. The van der Waals surface area contributed by atoms with Crippen LogP contribution in [0, 0.1) is 0 Å². The highest BCUT2D eigenvalue weighted by Gasteiger charge is 2.19. The summed E-state index contributed by atoms with van der Waals surface area (Å²) in [6.07, 6.45) is 0. The first-order chi connectivity index (χ1) is 13.0. The van der Waals surface area contributed by atoms with Gasteiger partial charge in [-0.3, -0.25) is 14.5 Å². The van der Waals surface area contributed by atoms with E-state index in [4.69, 9.17) is 11.6 Å². The number of anilines is 1. The molecule has 0 atom stereocenters. The van der Waals surface area contributed by atoms with Gasteiger partial charge in [-0.25, -0.2) is 0 Å². The van der Waals surface area contributed by atoms with Crippen molar-refractivity contribution >= 4 is 29.0 Å². The van der Waals surface area contributed by atoms with Gasteiger partial charge in [-0.15, -0.1) is 0 Å². The predicted octanol–water partition coefficient (Wildman–Crippen LogP) is 2.98. The first-order valence-corrected chi connectivity index (χ1v) is 9.48. The van der Waals surface area contributed by atoms with Gasteiger partial charge in [-0.2, -0.15) is 0 Å². The standard InChI is InChI=1S/C21H24ClN3O2/c1-16(26)18-4-8-20(9-5-18)25-12-10-24(11-13-25)15-21(27)23-14-17-2-6-19(22)7-3-17/h2-9H,10-15H2,1H3,(H,23,27). The molecule has 0 aromatic heterocycles. The molecule has 1 heterocycles. The maximum atomic E-state index is 12.2. The highest BCUT2D eigenvalue weighted by Crippen LogP contribution is 2.17. The number of ketones is 1. The number of nitrogens with one attached hydrogen (secondary N) is 1. The summed E-state index contributed by atoms with van der Waals surface area (Å²) in [6.45, 7) is 5.90. The van der Waals surface area contributed by atoms with Gasteiger partial charge < -0.3 is 10.2 Å². The molecular formula is C21H24ClN3O2. The number of benzene rings is 2. The molecule has 2 aromatic carbocycles. The molecule has 0 unspecified atom stereocenters. The van der Waals surface area contributed by atoms with Crippen molar-refractivity contribution in [3.8, 4) is 0 Å². The average molecular weight is 386 g/mol. The van der Waals surface area contributed by atoms with Crippen LogP contribution in [-0.2, 0) is 11.3 Å². The van der Waals surface area contributed by atoms with Gasteiger partial charge in [0.25, 0.3) is 0 Å². The molecule has 0 bridgehead atoms. The number of rotatable bonds is 6. The van der Waals surface area contributed by atoms with E-state index >= 15 is 0 Å². The third kappa shape index (κ3) is 5.55. The number of amides is 1. The van der Waals surface area contributed by atoms with E-state index in [0.29, 0.717) is 18.1 Å². The second-order valence-corrected chi connectivity index (χ2v) is 7.21. The van der Waals surface area contributed by atoms with Gasteiger partial charge in [0.1, 0.15) is 0 Å². The van der Waals surface area contributed by atoms with E-state index in [1.54, 1.807) is 6.92 Å². The van der Waals surface area contributed by atoms with E-state index in [2.05, 4.69) is 15.1 Å². The highest BCUT2D eigenvalue weighted by molar-refractivity contribution is 6.30. The molecule has 142 valence electrons. The summed E-state index contributed by atoms with van der Waals surface area (Å²) in [5.41, 5.74) is 2.88. The van der Waals surface area contributed by atoms with Crippen molar-refractivity contribution < 1.29 is 9.59 Å². The third-order valence-corrected chi connectivity index (χ3v) is 5.03. The molecule has 2 aromatic rings. The van der Waals surface area contributed by atoms with Crippen LogP contribution in [0.4, 0.5) is 5.69 Å². The van der Waals surface area contributed by atoms with Crippen molar-refractivity contribution in [2.75, 3.05) is 37.6 Å². The molecule has 27 heavy (non-hydrogen) atoms. The Hall–Kier alpha value is -2.37. The Bertz CT molecular complexity index is 782. The third-order valence-electron chi connectivity index (χ3n) is 4.78. The maximum absolute atomic E-state index is 12.2. The van der Waals surface area contributed by atoms with Crippen molar-refractivity contribution in [2.45, 2.75) is 13.5 Å². The fraction of sp³-hybridized carbons (Fsp3) is 0.333. The summed E-state index contributed by atoms with van der Waals surface area (Å²) in [5.74, 6) is 0.111. The molecule has 1 saturated heterocycles. The molecule has 0 aliphatic carbocycles.